The summed E-state index contributed by atoms with van der Waals surface area (Å²) in [6.45, 7) is 8.27. The lowest BCUT2D eigenvalue weighted by atomic mass is 10.1. The Kier molecular flexibility index (Phi) is 0.781. The maximum atomic E-state index is 3.74. The van der Waals surface area contributed by atoms with E-state index in [1.165, 1.54) is 6.42 Å². The summed E-state index contributed by atoms with van der Waals surface area (Å²) in [5.41, 5.74) is 0.514. The van der Waals surface area contributed by atoms with Crippen molar-refractivity contribution in [3.05, 3.63) is 12.7 Å². The van der Waals surface area contributed by atoms with Gasteiger partial charge in [-0.1, -0.05) is 19.9 Å². The Morgan fingerprint density at radius 3 is 2.29 bits per heavy atom. The normalized spacial score (nSPS) is 48.6. The van der Waals surface area contributed by atoms with Crippen molar-refractivity contribution in [2.45, 2.75) is 20.3 Å². The fourth-order valence-electron chi connectivity index (χ4n) is 0.885. The van der Waals surface area contributed by atoms with Crippen LogP contribution in [-0.4, -0.2) is 0 Å². The lowest BCUT2D eigenvalue weighted by Gasteiger charge is -1.95. The van der Waals surface area contributed by atoms with Gasteiger partial charge in [-0.05, 0) is 17.8 Å². The quantitative estimate of drug-likeness (QED) is 0.439. The van der Waals surface area contributed by atoms with Gasteiger partial charge in [0.1, 0.15) is 0 Å². The van der Waals surface area contributed by atoms with Crippen molar-refractivity contribution in [1.29, 1.82) is 0 Å². The van der Waals surface area contributed by atoms with Crippen LogP contribution < -0.4 is 0 Å². The average Bonchev–Trinajstić information content (AvgIpc) is 2.18. The number of hydrogen-bond donors (Lipinski definition) is 0. The Morgan fingerprint density at radius 1 is 1.86 bits per heavy atom. The van der Waals surface area contributed by atoms with Crippen LogP contribution in [0.2, 0.25) is 0 Å². The Balaban J connectivity index is 2.51. The third-order valence-electron chi connectivity index (χ3n) is 2.18. The molecule has 0 aliphatic heterocycles. The summed E-state index contributed by atoms with van der Waals surface area (Å²) in [7, 11) is 0. The smallest absolute Gasteiger partial charge is 0.0120 e. The van der Waals surface area contributed by atoms with Gasteiger partial charge >= 0.3 is 0 Å². The molecular formula is C7H12. The molecule has 0 heterocycles. The largest absolute Gasteiger partial charge is 0.103 e. The van der Waals surface area contributed by atoms with Crippen LogP contribution in [0.1, 0.15) is 20.3 Å². The highest BCUT2D eigenvalue weighted by Gasteiger charge is 2.43. The van der Waals surface area contributed by atoms with Gasteiger partial charge in [-0.15, -0.1) is 6.58 Å². The molecule has 0 nitrogen and oxygen atoms in total. The van der Waals surface area contributed by atoms with Gasteiger partial charge < -0.3 is 0 Å². The van der Waals surface area contributed by atoms with Crippen molar-refractivity contribution in [3.8, 4) is 0 Å². The molecule has 0 aromatic heterocycles. The molecule has 2 unspecified atom stereocenters. The second-order valence-corrected chi connectivity index (χ2v) is 2.82. The van der Waals surface area contributed by atoms with Crippen LogP contribution in [-0.2, 0) is 0 Å². The monoisotopic (exact) mass is 96.1 g/mol. The molecule has 0 saturated heterocycles. The molecule has 1 fully saturated rings. The Hall–Kier alpha value is -0.260. The summed E-state index contributed by atoms with van der Waals surface area (Å²) in [5.74, 6) is 0.894. The van der Waals surface area contributed by atoms with Crippen molar-refractivity contribution < 1.29 is 0 Å². The van der Waals surface area contributed by atoms with Gasteiger partial charge in [-0.25, -0.2) is 0 Å². The molecule has 2 atom stereocenters. The molecule has 0 aromatic rings. The molecule has 0 radical (unpaired) electrons. The zero-order chi connectivity index (χ0) is 5.49. The van der Waals surface area contributed by atoms with E-state index in [0.717, 1.165) is 5.92 Å². The minimum absolute atomic E-state index is 0.514. The second-order valence-electron chi connectivity index (χ2n) is 2.82. The van der Waals surface area contributed by atoms with Crippen molar-refractivity contribution in [1.82, 2.24) is 0 Å². The van der Waals surface area contributed by atoms with Gasteiger partial charge in [-0.3, -0.25) is 0 Å². The first-order valence-electron chi connectivity index (χ1n) is 2.82. The van der Waals surface area contributed by atoms with E-state index >= 15 is 0 Å². The zero-order valence-corrected chi connectivity index (χ0v) is 5.07. The summed E-state index contributed by atoms with van der Waals surface area (Å²) in [4.78, 5) is 0. The minimum atomic E-state index is 0.514. The molecule has 1 aliphatic rings. The van der Waals surface area contributed by atoms with Gasteiger partial charge in [0, 0.05) is 0 Å². The highest BCUT2D eigenvalue weighted by molar-refractivity contribution is 5.07. The van der Waals surface area contributed by atoms with Crippen molar-refractivity contribution in [2.75, 3.05) is 0 Å². The molecule has 0 amide bonds. The van der Waals surface area contributed by atoms with E-state index in [1.54, 1.807) is 0 Å². The molecule has 0 spiro atoms. The van der Waals surface area contributed by atoms with E-state index in [0.29, 0.717) is 5.41 Å². The lowest BCUT2D eigenvalue weighted by Crippen LogP contribution is -1.86. The summed E-state index contributed by atoms with van der Waals surface area (Å²) in [6, 6.07) is 0. The molecule has 0 aromatic carbocycles. The first kappa shape index (κ1) is 4.89. The summed E-state index contributed by atoms with van der Waals surface area (Å²) < 4.78 is 0. The van der Waals surface area contributed by atoms with Crippen LogP contribution in [0.3, 0.4) is 0 Å². The summed E-state index contributed by atoms with van der Waals surface area (Å²) in [6.07, 6.45) is 3.41. The highest BCUT2D eigenvalue weighted by Crippen LogP contribution is 2.52. The average molecular weight is 96.2 g/mol. The molecule has 7 heavy (non-hydrogen) atoms. The van der Waals surface area contributed by atoms with Crippen LogP contribution >= 0.6 is 0 Å². The topological polar surface area (TPSA) is 0 Å². The second kappa shape index (κ2) is 1.12. The predicted octanol–water partition coefficient (Wildman–Crippen LogP) is 2.22. The van der Waals surface area contributed by atoms with Gasteiger partial charge in [0.15, 0.2) is 0 Å². The third-order valence-corrected chi connectivity index (χ3v) is 2.18. The summed E-state index contributed by atoms with van der Waals surface area (Å²) >= 11 is 0. The van der Waals surface area contributed by atoms with E-state index in [4.69, 9.17) is 0 Å². The van der Waals surface area contributed by atoms with Crippen LogP contribution in [0, 0.1) is 11.3 Å². The number of allylic oxidation sites excluding steroid dienone is 1. The van der Waals surface area contributed by atoms with E-state index in [2.05, 4.69) is 26.5 Å². The molecular weight excluding hydrogens is 84.1 g/mol. The Labute approximate surface area is 45.2 Å². The standard InChI is InChI=1S/C7H12/c1-4-7(3)5-6(7)2/h4,6H,1,5H2,2-3H3. The van der Waals surface area contributed by atoms with E-state index < -0.39 is 0 Å². The zero-order valence-electron chi connectivity index (χ0n) is 5.07. The maximum Gasteiger partial charge on any atom is -0.0120 e. The fraction of sp³-hybridized carbons (Fsp3) is 0.714. The number of rotatable bonds is 1. The number of hydrogen-bond acceptors (Lipinski definition) is 0. The van der Waals surface area contributed by atoms with E-state index in [1.807, 2.05) is 0 Å². The van der Waals surface area contributed by atoms with E-state index in [-0.39, 0.29) is 0 Å². The van der Waals surface area contributed by atoms with Gasteiger partial charge in [-0.2, -0.15) is 0 Å². The van der Waals surface area contributed by atoms with Crippen molar-refractivity contribution in [3.63, 3.8) is 0 Å². The molecule has 0 heteroatoms. The first-order valence-corrected chi connectivity index (χ1v) is 2.82. The van der Waals surface area contributed by atoms with Crippen molar-refractivity contribution >= 4 is 0 Å². The minimum Gasteiger partial charge on any atom is -0.103 e. The first-order chi connectivity index (χ1) is 3.19. The fourth-order valence-corrected chi connectivity index (χ4v) is 0.885. The highest BCUT2D eigenvalue weighted by atomic mass is 14.5. The molecule has 40 valence electrons. The molecule has 1 saturated carbocycles. The molecule has 1 rings (SSSR count). The molecule has 0 bridgehead atoms. The predicted molar refractivity (Wildman–Crippen MR) is 32.1 cm³/mol. The van der Waals surface area contributed by atoms with Crippen LogP contribution in [0.15, 0.2) is 12.7 Å². The summed E-state index contributed by atoms with van der Waals surface area (Å²) in [5, 5.41) is 0. The van der Waals surface area contributed by atoms with Gasteiger partial charge in [0.2, 0.25) is 0 Å². The van der Waals surface area contributed by atoms with Gasteiger partial charge in [0.05, 0.1) is 0 Å². The Bertz CT molecular complexity index is 94.2. The lowest BCUT2D eigenvalue weighted by molar-refractivity contribution is 0.666. The van der Waals surface area contributed by atoms with Gasteiger partial charge in [0.25, 0.3) is 0 Å². The SMILES string of the molecule is C=CC1(C)CC1C. The third kappa shape index (κ3) is 0.583. The van der Waals surface area contributed by atoms with Crippen LogP contribution in [0.5, 0.6) is 0 Å². The van der Waals surface area contributed by atoms with Crippen LogP contribution in [0.25, 0.3) is 0 Å². The molecule has 1 aliphatic carbocycles. The Morgan fingerprint density at radius 2 is 2.29 bits per heavy atom. The van der Waals surface area contributed by atoms with Crippen LogP contribution in [0.4, 0.5) is 0 Å². The van der Waals surface area contributed by atoms with Crippen molar-refractivity contribution in [2.24, 2.45) is 11.3 Å². The molecule has 0 N–H and O–H groups in total. The van der Waals surface area contributed by atoms with E-state index in [9.17, 15) is 0 Å². The maximum absolute atomic E-state index is 3.74.